The maximum atomic E-state index is 12.3. The summed E-state index contributed by atoms with van der Waals surface area (Å²) in [6.07, 6.45) is 1.76. The van der Waals surface area contributed by atoms with E-state index in [1.807, 2.05) is 24.3 Å². The number of anilines is 1. The minimum Gasteiger partial charge on any atom is -0.497 e. The minimum absolute atomic E-state index is 0.148. The van der Waals surface area contributed by atoms with Gasteiger partial charge in [0.1, 0.15) is 11.5 Å². The number of rotatable bonds is 7. The summed E-state index contributed by atoms with van der Waals surface area (Å²) in [6.45, 7) is 0. The lowest BCUT2D eigenvalue weighted by molar-refractivity contribution is -0.113. The summed E-state index contributed by atoms with van der Waals surface area (Å²) >= 11 is 4.75. The summed E-state index contributed by atoms with van der Waals surface area (Å²) in [5.41, 5.74) is 2.53. The second-order valence-corrected chi connectivity index (χ2v) is 7.39. The third-order valence-corrected chi connectivity index (χ3v) is 5.15. The number of aromatic nitrogens is 2. The predicted molar refractivity (Wildman–Crippen MR) is 111 cm³/mol. The van der Waals surface area contributed by atoms with Crippen molar-refractivity contribution in [2.75, 3.05) is 25.3 Å². The molecular weight excluding hydrogens is 430 g/mol. The largest absolute Gasteiger partial charge is 0.497 e. The third kappa shape index (κ3) is 5.05. The van der Waals surface area contributed by atoms with Gasteiger partial charge in [0.15, 0.2) is 5.16 Å². The number of hydrogen-bond donors (Lipinski definition) is 2. The van der Waals surface area contributed by atoms with Crippen LogP contribution in [-0.4, -0.2) is 35.8 Å². The number of carbonyl (C=O) groups excluding carboxylic acids is 1. The quantitative estimate of drug-likeness (QED) is 0.518. The van der Waals surface area contributed by atoms with E-state index >= 15 is 0 Å². The van der Waals surface area contributed by atoms with Crippen LogP contribution in [0, 0.1) is 0 Å². The topological polar surface area (TPSA) is 76.2 Å². The van der Waals surface area contributed by atoms with Crippen LogP contribution in [0.1, 0.15) is 0 Å². The Bertz CT molecular complexity index is 928. The third-order valence-electron chi connectivity index (χ3n) is 3.73. The zero-order valence-electron chi connectivity index (χ0n) is 14.8. The summed E-state index contributed by atoms with van der Waals surface area (Å²) < 4.78 is 11.5. The van der Waals surface area contributed by atoms with Gasteiger partial charge in [-0.1, -0.05) is 39.8 Å². The van der Waals surface area contributed by atoms with Crippen molar-refractivity contribution in [1.82, 2.24) is 9.97 Å². The van der Waals surface area contributed by atoms with E-state index in [0.717, 1.165) is 15.7 Å². The van der Waals surface area contributed by atoms with Crippen molar-refractivity contribution in [2.45, 2.75) is 5.16 Å². The first-order chi connectivity index (χ1) is 13.1. The Morgan fingerprint density at radius 1 is 1.19 bits per heavy atom. The number of nitrogens with zero attached hydrogens (tertiary/aromatic N) is 1. The fourth-order valence-electron chi connectivity index (χ4n) is 2.37. The van der Waals surface area contributed by atoms with E-state index in [4.69, 9.17) is 9.47 Å². The molecule has 27 heavy (non-hydrogen) atoms. The van der Waals surface area contributed by atoms with Crippen LogP contribution in [0.25, 0.3) is 11.3 Å². The SMILES string of the molecule is COc1ccc(NC(=O)CSc2ncc(-c3ccc(Br)cc3)[nH]2)c(OC)c1. The number of halogens is 1. The van der Waals surface area contributed by atoms with Gasteiger partial charge in [-0.05, 0) is 29.8 Å². The molecule has 0 bridgehead atoms. The minimum atomic E-state index is -0.148. The van der Waals surface area contributed by atoms with Crippen LogP contribution in [0.4, 0.5) is 5.69 Å². The number of H-pyrrole nitrogens is 1. The maximum Gasteiger partial charge on any atom is 0.234 e. The predicted octanol–water partition coefficient (Wildman–Crippen LogP) is 4.59. The van der Waals surface area contributed by atoms with E-state index in [2.05, 4.69) is 31.2 Å². The summed E-state index contributed by atoms with van der Waals surface area (Å²) in [6, 6.07) is 13.2. The number of ether oxygens (including phenoxy) is 2. The number of thioether (sulfide) groups is 1. The second kappa shape index (κ2) is 8.96. The van der Waals surface area contributed by atoms with Gasteiger partial charge in [0, 0.05) is 10.5 Å². The summed E-state index contributed by atoms with van der Waals surface area (Å²) in [5.74, 6) is 1.28. The molecule has 8 heteroatoms. The molecule has 0 aliphatic rings. The van der Waals surface area contributed by atoms with Crippen LogP contribution in [-0.2, 0) is 4.79 Å². The molecule has 140 valence electrons. The molecular formula is C19H18BrN3O3S. The molecule has 3 aromatic rings. The van der Waals surface area contributed by atoms with Gasteiger partial charge in [-0.25, -0.2) is 4.98 Å². The van der Waals surface area contributed by atoms with Crippen molar-refractivity contribution < 1.29 is 14.3 Å². The summed E-state index contributed by atoms with van der Waals surface area (Å²) in [7, 11) is 3.13. The zero-order chi connectivity index (χ0) is 19.2. The Balaban J connectivity index is 1.59. The molecule has 2 N–H and O–H groups in total. The van der Waals surface area contributed by atoms with Gasteiger partial charge in [-0.3, -0.25) is 4.79 Å². The molecule has 0 atom stereocenters. The zero-order valence-corrected chi connectivity index (χ0v) is 17.2. The second-order valence-electron chi connectivity index (χ2n) is 5.51. The van der Waals surface area contributed by atoms with E-state index in [0.29, 0.717) is 22.3 Å². The van der Waals surface area contributed by atoms with Gasteiger partial charge in [0.25, 0.3) is 0 Å². The monoisotopic (exact) mass is 447 g/mol. The van der Waals surface area contributed by atoms with Crippen molar-refractivity contribution in [2.24, 2.45) is 0 Å². The molecule has 0 fully saturated rings. The standard InChI is InChI=1S/C19H18BrN3O3S/c1-25-14-7-8-15(17(9-14)26-2)22-18(24)11-27-19-21-10-16(23-19)12-3-5-13(20)6-4-12/h3-10H,11H2,1-2H3,(H,21,23)(H,22,24). The highest BCUT2D eigenvalue weighted by Gasteiger charge is 2.11. The smallest absolute Gasteiger partial charge is 0.234 e. The lowest BCUT2D eigenvalue weighted by Gasteiger charge is -2.11. The first-order valence-corrected chi connectivity index (χ1v) is 9.82. The number of benzene rings is 2. The highest BCUT2D eigenvalue weighted by molar-refractivity contribution is 9.10. The van der Waals surface area contributed by atoms with Crippen molar-refractivity contribution in [3.63, 3.8) is 0 Å². The van der Waals surface area contributed by atoms with E-state index in [9.17, 15) is 4.79 Å². The average Bonchev–Trinajstić information content (AvgIpc) is 3.16. The Labute approximate surface area is 169 Å². The van der Waals surface area contributed by atoms with Crippen LogP contribution in [0.3, 0.4) is 0 Å². The molecule has 0 saturated heterocycles. The molecule has 1 aromatic heterocycles. The highest BCUT2D eigenvalue weighted by Crippen LogP contribution is 2.29. The average molecular weight is 448 g/mol. The molecule has 2 aromatic carbocycles. The summed E-state index contributed by atoms with van der Waals surface area (Å²) in [5, 5.41) is 3.53. The Morgan fingerprint density at radius 3 is 2.67 bits per heavy atom. The van der Waals surface area contributed by atoms with E-state index in [-0.39, 0.29) is 11.7 Å². The van der Waals surface area contributed by atoms with Gasteiger partial charge in [-0.15, -0.1) is 0 Å². The molecule has 6 nitrogen and oxygen atoms in total. The fourth-order valence-corrected chi connectivity index (χ4v) is 3.29. The highest BCUT2D eigenvalue weighted by atomic mass is 79.9. The van der Waals surface area contributed by atoms with E-state index in [1.54, 1.807) is 38.6 Å². The van der Waals surface area contributed by atoms with Crippen LogP contribution >= 0.6 is 27.7 Å². The number of nitrogens with one attached hydrogen (secondary N) is 2. The first-order valence-electron chi connectivity index (χ1n) is 8.04. The van der Waals surface area contributed by atoms with Gasteiger partial charge in [-0.2, -0.15) is 0 Å². The molecule has 1 amide bonds. The lowest BCUT2D eigenvalue weighted by Crippen LogP contribution is -2.14. The van der Waals surface area contributed by atoms with Crippen LogP contribution < -0.4 is 14.8 Å². The Hall–Kier alpha value is -2.45. The fraction of sp³-hybridized carbons (Fsp3) is 0.158. The molecule has 0 spiro atoms. The first kappa shape index (κ1) is 19.3. The van der Waals surface area contributed by atoms with Crippen molar-refractivity contribution in [3.05, 3.63) is 53.1 Å². The molecule has 1 heterocycles. The van der Waals surface area contributed by atoms with Crippen LogP contribution in [0.5, 0.6) is 11.5 Å². The normalized spacial score (nSPS) is 10.5. The Morgan fingerprint density at radius 2 is 1.96 bits per heavy atom. The lowest BCUT2D eigenvalue weighted by atomic mass is 10.2. The van der Waals surface area contributed by atoms with Crippen LogP contribution in [0.15, 0.2) is 58.3 Å². The number of methoxy groups -OCH3 is 2. The number of aromatic amines is 1. The number of hydrogen-bond acceptors (Lipinski definition) is 5. The van der Waals surface area contributed by atoms with Gasteiger partial charge >= 0.3 is 0 Å². The molecule has 0 saturated carbocycles. The molecule has 0 aliphatic carbocycles. The van der Waals surface area contributed by atoms with Crippen molar-refractivity contribution >= 4 is 39.3 Å². The van der Waals surface area contributed by atoms with E-state index < -0.39 is 0 Å². The number of amides is 1. The van der Waals surface area contributed by atoms with Gasteiger partial charge in [0.05, 0.1) is 37.6 Å². The van der Waals surface area contributed by atoms with Crippen LogP contribution in [0.2, 0.25) is 0 Å². The summed E-state index contributed by atoms with van der Waals surface area (Å²) in [4.78, 5) is 19.8. The molecule has 0 radical (unpaired) electrons. The number of carbonyl (C=O) groups is 1. The van der Waals surface area contributed by atoms with Gasteiger partial charge < -0.3 is 19.8 Å². The van der Waals surface area contributed by atoms with E-state index in [1.165, 1.54) is 11.8 Å². The molecule has 0 aliphatic heterocycles. The van der Waals surface area contributed by atoms with Gasteiger partial charge in [0.2, 0.25) is 5.91 Å². The van der Waals surface area contributed by atoms with Crippen molar-refractivity contribution in [3.8, 4) is 22.8 Å². The maximum absolute atomic E-state index is 12.3. The van der Waals surface area contributed by atoms with Crippen molar-refractivity contribution in [1.29, 1.82) is 0 Å². The molecule has 0 unspecified atom stereocenters. The Kier molecular flexibility index (Phi) is 6.41. The number of imidazole rings is 1. The molecule has 3 rings (SSSR count).